The Labute approximate surface area is 90.1 Å². The minimum absolute atomic E-state index is 0.377. The predicted molar refractivity (Wildman–Crippen MR) is 61.5 cm³/mol. The molecule has 0 fully saturated rings. The van der Waals surface area contributed by atoms with E-state index in [1.54, 1.807) is 11.8 Å². The molecule has 1 rings (SSSR count). The molecule has 0 N–H and O–H groups in total. The molecule has 1 aromatic rings. The van der Waals surface area contributed by atoms with Crippen molar-refractivity contribution in [3.05, 3.63) is 29.3 Å². The van der Waals surface area contributed by atoms with Gasteiger partial charge in [0.2, 0.25) is 0 Å². The summed E-state index contributed by atoms with van der Waals surface area (Å²) in [5.74, 6) is 0. The molecule has 74 valence electrons. The summed E-state index contributed by atoms with van der Waals surface area (Å²) >= 11 is 1.77. The molecule has 0 bridgehead atoms. The molecule has 1 aromatic carbocycles. The fraction of sp³-hybridized carbons (Fsp3) is 0.417. The number of rotatable bonds is 3. The quantitative estimate of drug-likeness (QED) is 0.702. The Balaban J connectivity index is 2.69. The number of hydrogen-bond donors (Lipinski definition) is 0. The van der Waals surface area contributed by atoms with Crippen molar-refractivity contribution in [3.63, 3.8) is 0 Å². The molecule has 1 atom stereocenters. The second kappa shape index (κ2) is 5.07. The Bertz CT molecular complexity index is 352. The lowest BCUT2D eigenvalue weighted by atomic mass is 10.1. The van der Waals surface area contributed by atoms with E-state index in [0.717, 1.165) is 0 Å². The van der Waals surface area contributed by atoms with Crippen LogP contribution in [0.2, 0.25) is 0 Å². The third-order valence-corrected chi connectivity index (χ3v) is 3.29. The van der Waals surface area contributed by atoms with Gasteiger partial charge in [0.25, 0.3) is 0 Å². The molecule has 0 aromatic heterocycles. The highest BCUT2D eigenvalue weighted by Gasteiger charge is 2.04. The lowest BCUT2D eigenvalue weighted by Gasteiger charge is -2.08. The van der Waals surface area contributed by atoms with Crippen molar-refractivity contribution >= 4 is 11.8 Å². The topological polar surface area (TPSA) is 23.8 Å². The van der Waals surface area contributed by atoms with Gasteiger partial charge in [-0.3, -0.25) is 0 Å². The van der Waals surface area contributed by atoms with Crippen LogP contribution in [0.3, 0.4) is 0 Å². The second-order valence-corrected chi connectivity index (χ2v) is 5.05. The van der Waals surface area contributed by atoms with Gasteiger partial charge in [-0.2, -0.15) is 5.26 Å². The molecule has 0 aliphatic heterocycles. The molecule has 0 spiro atoms. The predicted octanol–water partition coefficient (Wildman–Crippen LogP) is 3.70. The van der Waals surface area contributed by atoms with Gasteiger partial charge in [-0.15, -0.1) is 11.8 Å². The fourth-order valence-corrected chi connectivity index (χ4v) is 2.20. The highest BCUT2D eigenvalue weighted by Crippen LogP contribution is 2.26. The first-order chi connectivity index (χ1) is 6.63. The van der Waals surface area contributed by atoms with Gasteiger partial charge in [0.15, 0.2) is 0 Å². The van der Waals surface area contributed by atoms with Gasteiger partial charge >= 0.3 is 0 Å². The molecule has 0 aliphatic rings. The van der Waals surface area contributed by atoms with Crippen molar-refractivity contribution in [2.45, 2.75) is 37.3 Å². The van der Waals surface area contributed by atoms with Crippen molar-refractivity contribution < 1.29 is 0 Å². The average Bonchev–Trinajstić information content (AvgIpc) is 2.12. The van der Waals surface area contributed by atoms with E-state index in [0.29, 0.717) is 11.7 Å². The van der Waals surface area contributed by atoms with E-state index in [9.17, 15) is 0 Å². The largest absolute Gasteiger partial charge is 0.198 e. The summed E-state index contributed by atoms with van der Waals surface area (Å²) in [4.78, 5) is 1.26. The average molecular weight is 205 g/mol. The molecule has 1 nitrogen and oxygen atoms in total. The fourth-order valence-electron chi connectivity index (χ4n) is 1.19. The molecule has 0 saturated heterocycles. The highest BCUT2D eigenvalue weighted by atomic mass is 32.2. The highest BCUT2D eigenvalue weighted by molar-refractivity contribution is 8.00. The monoisotopic (exact) mass is 205 g/mol. The zero-order chi connectivity index (χ0) is 10.6. The first kappa shape index (κ1) is 11.1. The standard InChI is InChI=1S/C12H15NS/c1-9-4-5-12(8-10(9)2)14-11(3)6-7-13/h4-5,8,11H,6H2,1-3H3. The van der Waals surface area contributed by atoms with E-state index < -0.39 is 0 Å². The minimum atomic E-state index is 0.377. The van der Waals surface area contributed by atoms with E-state index in [4.69, 9.17) is 5.26 Å². The van der Waals surface area contributed by atoms with E-state index in [-0.39, 0.29) is 0 Å². The van der Waals surface area contributed by atoms with Gasteiger partial charge in [-0.1, -0.05) is 13.0 Å². The third kappa shape index (κ3) is 3.08. The number of aryl methyl sites for hydroxylation is 2. The first-order valence-electron chi connectivity index (χ1n) is 4.74. The van der Waals surface area contributed by atoms with E-state index in [1.165, 1.54) is 16.0 Å². The van der Waals surface area contributed by atoms with Crippen molar-refractivity contribution in [3.8, 4) is 6.07 Å². The van der Waals surface area contributed by atoms with Gasteiger partial charge in [-0.05, 0) is 37.1 Å². The Morgan fingerprint density at radius 2 is 2.07 bits per heavy atom. The maximum absolute atomic E-state index is 8.55. The summed E-state index contributed by atoms with van der Waals surface area (Å²) in [6.45, 7) is 6.32. The van der Waals surface area contributed by atoms with Crippen LogP contribution in [0.4, 0.5) is 0 Å². The number of hydrogen-bond acceptors (Lipinski definition) is 2. The normalized spacial score (nSPS) is 12.1. The summed E-state index contributed by atoms with van der Waals surface area (Å²) in [5, 5.41) is 8.93. The van der Waals surface area contributed by atoms with Gasteiger partial charge < -0.3 is 0 Å². The minimum Gasteiger partial charge on any atom is -0.198 e. The zero-order valence-corrected chi connectivity index (χ0v) is 9.69. The summed E-state index contributed by atoms with van der Waals surface area (Å²) in [7, 11) is 0. The van der Waals surface area contributed by atoms with Crippen LogP contribution in [0, 0.1) is 25.2 Å². The molecule has 0 aliphatic carbocycles. The Morgan fingerprint density at radius 1 is 1.36 bits per heavy atom. The van der Waals surface area contributed by atoms with Crippen molar-refractivity contribution in [1.29, 1.82) is 5.26 Å². The van der Waals surface area contributed by atoms with Crippen LogP contribution in [0.5, 0.6) is 0 Å². The Kier molecular flexibility index (Phi) is 4.03. The summed E-state index contributed by atoms with van der Waals surface area (Å²) in [6, 6.07) is 8.64. The SMILES string of the molecule is Cc1ccc(SC(C)CC#N)cc1C. The number of thioether (sulfide) groups is 1. The van der Waals surface area contributed by atoms with E-state index >= 15 is 0 Å². The van der Waals surface area contributed by atoms with Gasteiger partial charge in [0, 0.05) is 16.6 Å². The van der Waals surface area contributed by atoms with Crippen molar-refractivity contribution in [2.75, 3.05) is 0 Å². The lowest BCUT2D eigenvalue weighted by molar-refractivity contribution is 0.989. The van der Waals surface area contributed by atoms with Crippen LogP contribution in [0.1, 0.15) is 24.5 Å². The van der Waals surface area contributed by atoms with Crippen LogP contribution in [-0.4, -0.2) is 5.25 Å². The lowest BCUT2D eigenvalue weighted by Crippen LogP contribution is -1.93. The Hall–Kier alpha value is -0.940. The smallest absolute Gasteiger partial charge is 0.0633 e. The zero-order valence-electron chi connectivity index (χ0n) is 8.87. The molecule has 14 heavy (non-hydrogen) atoms. The summed E-state index contributed by atoms with van der Waals surface area (Å²) < 4.78 is 0. The number of nitriles is 1. The maximum atomic E-state index is 8.55. The molecule has 2 heteroatoms. The summed E-state index contributed by atoms with van der Waals surface area (Å²) in [5.41, 5.74) is 2.64. The van der Waals surface area contributed by atoms with E-state index in [1.807, 2.05) is 0 Å². The Morgan fingerprint density at radius 3 is 2.64 bits per heavy atom. The molecule has 1 unspecified atom stereocenters. The van der Waals surface area contributed by atoms with Crippen molar-refractivity contribution in [1.82, 2.24) is 0 Å². The summed E-state index contributed by atoms with van der Waals surface area (Å²) in [6.07, 6.45) is 0.609. The van der Waals surface area contributed by atoms with Crippen LogP contribution >= 0.6 is 11.8 Å². The van der Waals surface area contributed by atoms with Gasteiger partial charge in [-0.25, -0.2) is 0 Å². The second-order valence-electron chi connectivity index (χ2n) is 3.54. The van der Waals surface area contributed by atoms with Crippen LogP contribution in [0.25, 0.3) is 0 Å². The van der Waals surface area contributed by atoms with Crippen molar-refractivity contribution in [2.24, 2.45) is 0 Å². The molecule has 0 radical (unpaired) electrons. The van der Waals surface area contributed by atoms with Crippen LogP contribution in [-0.2, 0) is 0 Å². The molecule has 0 heterocycles. The van der Waals surface area contributed by atoms with Crippen LogP contribution in [0.15, 0.2) is 23.1 Å². The maximum Gasteiger partial charge on any atom is 0.0633 e. The number of benzene rings is 1. The van der Waals surface area contributed by atoms with Gasteiger partial charge in [0.1, 0.15) is 0 Å². The molecule has 0 amide bonds. The van der Waals surface area contributed by atoms with E-state index in [2.05, 4.69) is 45.0 Å². The third-order valence-electron chi connectivity index (χ3n) is 2.19. The first-order valence-corrected chi connectivity index (χ1v) is 5.62. The molecule has 0 saturated carbocycles. The number of nitrogens with zero attached hydrogens (tertiary/aromatic N) is 1. The molecular formula is C12H15NS. The molecular weight excluding hydrogens is 190 g/mol. The van der Waals surface area contributed by atoms with Crippen LogP contribution < -0.4 is 0 Å². The van der Waals surface area contributed by atoms with Gasteiger partial charge in [0.05, 0.1) is 6.07 Å².